The van der Waals surface area contributed by atoms with Crippen LogP contribution < -0.4 is 10.9 Å². The van der Waals surface area contributed by atoms with Crippen molar-refractivity contribution in [1.29, 1.82) is 5.26 Å². The molecule has 0 amide bonds. The largest absolute Gasteiger partial charge is 0.365 e. The van der Waals surface area contributed by atoms with Crippen molar-refractivity contribution in [2.75, 3.05) is 11.9 Å². The van der Waals surface area contributed by atoms with Gasteiger partial charge in [0.1, 0.15) is 11.0 Å². The van der Waals surface area contributed by atoms with Gasteiger partial charge in [0, 0.05) is 11.9 Å². The van der Waals surface area contributed by atoms with Gasteiger partial charge in [-0.25, -0.2) is 0 Å². The van der Waals surface area contributed by atoms with Crippen LogP contribution in [0, 0.1) is 18.3 Å². The number of ether oxygens (including phenoxy) is 1. The number of aryl methyl sites for hydroxylation is 1. The van der Waals surface area contributed by atoms with Crippen LogP contribution in [0.3, 0.4) is 0 Å². The van der Waals surface area contributed by atoms with Crippen molar-refractivity contribution in [1.82, 2.24) is 14.8 Å². The Balaban J connectivity index is 1.82. The number of benzene rings is 1. The quantitative estimate of drug-likeness (QED) is 0.591. The molecule has 1 aliphatic heterocycles. The second kappa shape index (κ2) is 8.00. The first-order valence-corrected chi connectivity index (χ1v) is 10.4. The van der Waals surface area contributed by atoms with E-state index in [1.54, 1.807) is 16.9 Å². The average molecular weight is 419 g/mol. The second-order valence-electron chi connectivity index (χ2n) is 8.20. The van der Waals surface area contributed by atoms with Gasteiger partial charge >= 0.3 is 0 Å². The van der Waals surface area contributed by atoms with E-state index in [4.69, 9.17) is 9.84 Å². The molecule has 2 atom stereocenters. The lowest BCUT2D eigenvalue weighted by atomic mass is 9.81. The molecule has 1 aromatic carbocycles. The van der Waals surface area contributed by atoms with Crippen molar-refractivity contribution in [3.05, 3.63) is 52.4 Å². The van der Waals surface area contributed by atoms with Crippen LogP contribution >= 0.6 is 0 Å². The number of nitrogens with one attached hydrogen (secondary N) is 2. The number of fused-ring (bicyclic) bond motifs is 1. The van der Waals surface area contributed by atoms with Gasteiger partial charge in [0.2, 0.25) is 0 Å². The maximum atomic E-state index is 12.7. The van der Waals surface area contributed by atoms with Gasteiger partial charge in [0.25, 0.3) is 5.56 Å². The Bertz CT molecular complexity index is 1190. The number of aromatic nitrogens is 3. The molecular weight excluding hydrogens is 394 g/mol. The van der Waals surface area contributed by atoms with Crippen LogP contribution in [0.2, 0.25) is 0 Å². The van der Waals surface area contributed by atoms with Crippen LogP contribution in [0.1, 0.15) is 38.2 Å². The number of pyridine rings is 1. The van der Waals surface area contributed by atoms with Crippen LogP contribution in [-0.2, 0) is 15.1 Å². The van der Waals surface area contributed by atoms with E-state index in [1.165, 1.54) is 0 Å². The summed E-state index contributed by atoms with van der Waals surface area (Å²) in [6, 6.07) is 11.8. The summed E-state index contributed by atoms with van der Waals surface area (Å²) in [5.41, 5.74) is 0.685. The van der Waals surface area contributed by atoms with Crippen molar-refractivity contribution >= 4 is 28.7 Å². The smallest absolute Gasteiger partial charge is 0.261 e. The topological polar surface area (TPSA) is 113 Å². The molecule has 0 radical (unpaired) electrons. The molecule has 4 rings (SSSR count). The van der Waals surface area contributed by atoms with E-state index >= 15 is 0 Å². The normalized spacial score (nSPS) is 23.4. The predicted molar refractivity (Wildman–Crippen MR) is 117 cm³/mol. The highest BCUT2D eigenvalue weighted by atomic mass is 16.5. The Kier molecular flexibility index (Phi) is 5.38. The van der Waals surface area contributed by atoms with Gasteiger partial charge < -0.3 is 19.8 Å². The SMILES string of the molecule is CCC1(C=O)CCC(CC#N)(n2nc(Nc3ccc(C)cc3)c3c(=O)[nH]ccc32)CO1. The summed E-state index contributed by atoms with van der Waals surface area (Å²) < 4.78 is 7.76. The van der Waals surface area contributed by atoms with Crippen molar-refractivity contribution < 1.29 is 9.53 Å². The maximum Gasteiger partial charge on any atom is 0.261 e. The van der Waals surface area contributed by atoms with Gasteiger partial charge in [0.15, 0.2) is 12.1 Å². The molecule has 2 unspecified atom stereocenters. The highest BCUT2D eigenvalue weighted by Gasteiger charge is 2.45. The number of anilines is 2. The first-order valence-electron chi connectivity index (χ1n) is 10.4. The zero-order valence-electron chi connectivity index (χ0n) is 17.6. The molecule has 0 spiro atoms. The highest BCUT2D eigenvalue weighted by Crippen LogP contribution is 2.40. The number of H-pyrrole nitrogens is 1. The molecule has 8 nitrogen and oxygen atoms in total. The van der Waals surface area contributed by atoms with Crippen molar-refractivity contribution in [3.63, 3.8) is 0 Å². The third-order valence-electron chi connectivity index (χ3n) is 6.23. The molecule has 160 valence electrons. The summed E-state index contributed by atoms with van der Waals surface area (Å²) in [6.45, 7) is 4.09. The predicted octanol–water partition coefficient (Wildman–Crippen LogP) is 3.54. The number of carbonyl (C=O) groups excluding carboxylic acids is 1. The average Bonchev–Trinajstić information content (AvgIpc) is 3.16. The monoisotopic (exact) mass is 419 g/mol. The number of aromatic amines is 1. The number of hydrogen-bond acceptors (Lipinski definition) is 6. The van der Waals surface area contributed by atoms with Crippen LogP contribution in [0.4, 0.5) is 11.5 Å². The Morgan fingerprint density at radius 3 is 2.71 bits per heavy atom. The maximum absolute atomic E-state index is 12.7. The number of rotatable bonds is 6. The van der Waals surface area contributed by atoms with E-state index in [9.17, 15) is 14.9 Å². The fraction of sp³-hybridized carbons (Fsp3) is 0.391. The number of aldehydes is 1. The van der Waals surface area contributed by atoms with Gasteiger partial charge in [-0.2, -0.15) is 10.4 Å². The second-order valence-corrected chi connectivity index (χ2v) is 8.20. The van der Waals surface area contributed by atoms with E-state index < -0.39 is 11.1 Å². The summed E-state index contributed by atoms with van der Waals surface area (Å²) in [4.78, 5) is 27.1. The van der Waals surface area contributed by atoms with Crippen molar-refractivity contribution in [3.8, 4) is 6.07 Å². The highest BCUT2D eigenvalue weighted by molar-refractivity contribution is 5.91. The molecule has 1 saturated heterocycles. The zero-order chi connectivity index (χ0) is 22.1. The Morgan fingerprint density at radius 2 is 2.10 bits per heavy atom. The molecule has 31 heavy (non-hydrogen) atoms. The lowest BCUT2D eigenvalue weighted by Gasteiger charge is -2.43. The van der Waals surface area contributed by atoms with Crippen molar-refractivity contribution in [2.45, 2.75) is 50.7 Å². The molecule has 3 heterocycles. The molecule has 0 bridgehead atoms. The summed E-state index contributed by atoms with van der Waals surface area (Å²) in [5, 5.41) is 18.0. The summed E-state index contributed by atoms with van der Waals surface area (Å²) in [7, 11) is 0. The Morgan fingerprint density at radius 1 is 1.32 bits per heavy atom. The van der Waals surface area contributed by atoms with Crippen LogP contribution in [0.25, 0.3) is 10.9 Å². The van der Waals surface area contributed by atoms with E-state index in [2.05, 4.69) is 16.4 Å². The van der Waals surface area contributed by atoms with E-state index in [-0.39, 0.29) is 18.6 Å². The molecule has 0 saturated carbocycles. The third kappa shape index (κ3) is 3.62. The molecule has 2 aromatic heterocycles. The standard InChI is InChI=1S/C23H25N5O3/c1-3-23(14-29)10-9-22(11-12-24,15-31-23)28-18-8-13-25-21(30)19(18)20(27-28)26-17-6-4-16(2)5-7-17/h4-8,13-14H,3,9-11,15H2,1-2H3,(H,25,30)(H,26,27). The fourth-order valence-corrected chi connectivity index (χ4v) is 4.15. The number of nitriles is 1. The number of nitrogens with zero attached hydrogens (tertiary/aromatic N) is 3. The molecule has 8 heteroatoms. The lowest BCUT2D eigenvalue weighted by molar-refractivity contribution is -0.152. The number of carbonyl (C=O) groups is 1. The van der Waals surface area contributed by atoms with Gasteiger partial charge in [-0.1, -0.05) is 24.6 Å². The molecule has 1 aliphatic rings. The third-order valence-corrected chi connectivity index (χ3v) is 6.23. The minimum Gasteiger partial charge on any atom is -0.365 e. The minimum atomic E-state index is -0.831. The molecule has 1 fully saturated rings. The Hall–Kier alpha value is -3.44. The van der Waals surface area contributed by atoms with E-state index in [1.807, 2.05) is 38.1 Å². The summed E-state index contributed by atoms with van der Waals surface area (Å²) in [6.07, 6.45) is 4.18. The van der Waals surface area contributed by atoms with Crippen LogP contribution in [0.5, 0.6) is 0 Å². The lowest BCUT2D eigenvalue weighted by Crippen LogP contribution is -2.50. The Labute approximate surface area is 179 Å². The van der Waals surface area contributed by atoms with Gasteiger partial charge in [0.05, 0.1) is 30.2 Å². The zero-order valence-corrected chi connectivity index (χ0v) is 17.6. The van der Waals surface area contributed by atoms with Crippen LogP contribution in [0.15, 0.2) is 41.3 Å². The van der Waals surface area contributed by atoms with Gasteiger partial charge in [-0.3, -0.25) is 9.48 Å². The summed E-state index contributed by atoms with van der Waals surface area (Å²) in [5.74, 6) is 0.417. The van der Waals surface area contributed by atoms with E-state index in [0.717, 1.165) is 17.5 Å². The van der Waals surface area contributed by atoms with Gasteiger partial charge in [-0.15, -0.1) is 0 Å². The molecule has 0 aliphatic carbocycles. The number of hydrogen-bond donors (Lipinski definition) is 2. The first-order chi connectivity index (χ1) is 15.0. The first kappa shape index (κ1) is 20.8. The molecule has 3 aromatic rings. The van der Waals surface area contributed by atoms with E-state index in [0.29, 0.717) is 36.0 Å². The molecule has 2 N–H and O–H groups in total. The molecular formula is C23H25N5O3. The summed E-state index contributed by atoms with van der Waals surface area (Å²) >= 11 is 0. The van der Waals surface area contributed by atoms with Crippen molar-refractivity contribution in [2.24, 2.45) is 0 Å². The van der Waals surface area contributed by atoms with Gasteiger partial charge in [-0.05, 0) is 44.4 Å². The van der Waals surface area contributed by atoms with Crippen LogP contribution in [-0.4, -0.2) is 33.3 Å². The fourth-order valence-electron chi connectivity index (χ4n) is 4.15. The minimum absolute atomic E-state index is 0.152.